The molecule has 1 N–H and O–H groups in total. The lowest BCUT2D eigenvalue weighted by Crippen LogP contribution is -2.37. The first-order chi connectivity index (χ1) is 21.0. The van der Waals surface area contributed by atoms with Gasteiger partial charge in [-0.1, -0.05) is 23.7 Å². The summed E-state index contributed by atoms with van der Waals surface area (Å²) in [4.78, 5) is 25.2. The molecule has 0 aromatic heterocycles. The van der Waals surface area contributed by atoms with E-state index in [4.69, 9.17) is 25.8 Å². The van der Waals surface area contributed by atoms with Crippen LogP contribution in [0.25, 0.3) is 0 Å². The van der Waals surface area contributed by atoms with Gasteiger partial charge in [0.2, 0.25) is 10.0 Å². The van der Waals surface area contributed by atoms with E-state index < -0.39 is 27.3 Å². The number of nitrogens with one attached hydrogen (secondary N) is 1. The van der Waals surface area contributed by atoms with Crippen molar-refractivity contribution in [2.75, 3.05) is 32.7 Å². The number of esters is 1. The third-order valence-electron chi connectivity index (χ3n) is 7.68. The summed E-state index contributed by atoms with van der Waals surface area (Å²) in [6.45, 7) is 2.31. The lowest BCUT2D eigenvalue weighted by atomic mass is 9.82. The Morgan fingerprint density at radius 1 is 0.977 bits per heavy atom. The van der Waals surface area contributed by atoms with Crippen LogP contribution in [0.1, 0.15) is 48.5 Å². The van der Waals surface area contributed by atoms with E-state index in [0.29, 0.717) is 48.8 Å². The number of nitrogens with zero attached hydrogens (tertiary/aromatic N) is 1. The molecule has 0 aliphatic heterocycles. The highest BCUT2D eigenvalue weighted by Gasteiger charge is 2.33. The van der Waals surface area contributed by atoms with E-state index in [2.05, 4.69) is 5.32 Å². The van der Waals surface area contributed by atoms with Crippen LogP contribution in [0.3, 0.4) is 0 Å². The third-order valence-corrected chi connectivity index (χ3v) is 9.72. The summed E-state index contributed by atoms with van der Waals surface area (Å²) < 4.78 is 60.2. The number of methoxy groups -OCH3 is 2. The maximum atomic E-state index is 14.9. The van der Waals surface area contributed by atoms with Crippen molar-refractivity contribution in [1.29, 1.82) is 0 Å². The van der Waals surface area contributed by atoms with Crippen LogP contribution in [0.2, 0.25) is 5.02 Å². The van der Waals surface area contributed by atoms with Crippen LogP contribution in [-0.4, -0.2) is 52.0 Å². The fourth-order valence-corrected chi connectivity index (χ4v) is 6.97. The number of rotatable bonds is 12. The molecule has 0 saturated heterocycles. The molecule has 0 spiro atoms. The molecule has 4 rings (SSSR count). The lowest BCUT2D eigenvalue weighted by molar-refractivity contribution is -0.149. The van der Waals surface area contributed by atoms with Gasteiger partial charge in [0.1, 0.15) is 17.3 Å². The summed E-state index contributed by atoms with van der Waals surface area (Å²) in [5, 5.41) is 2.88. The van der Waals surface area contributed by atoms with Crippen molar-refractivity contribution < 1.29 is 36.6 Å². The number of sulfonamides is 1. The highest BCUT2D eigenvalue weighted by molar-refractivity contribution is 7.89. The number of hydrogen-bond acceptors (Lipinski definition) is 7. The zero-order valence-corrected chi connectivity index (χ0v) is 26.4. The Labute approximate surface area is 262 Å². The minimum Gasteiger partial charge on any atom is -0.497 e. The van der Waals surface area contributed by atoms with E-state index in [-0.39, 0.29) is 41.5 Å². The highest BCUT2D eigenvalue weighted by atomic mass is 35.5. The Morgan fingerprint density at radius 2 is 1.68 bits per heavy atom. The number of ether oxygens (including phenoxy) is 3. The molecule has 9 nitrogen and oxygen atoms in total. The van der Waals surface area contributed by atoms with Crippen molar-refractivity contribution in [3.63, 3.8) is 0 Å². The molecule has 0 atom stereocenters. The fraction of sp³-hybridized carbons (Fsp3) is 0.375. The minimum atomic E-state index is -4.20. The number of benzene rings is 3. The highest BCUT2D eigenvalue weighted by Crippen LogP contribution is 2.33. The Hall–Kier alpha value is -3.67. The standard InChI is InChI=1S/C32H36ClFN2O7S/c1-4-43-32(38)23-9-5-21(6-10-23)19-36(20-22-7-12-25(41-2)13-8-22)44(39,40)26-14-15-28(34)27(18-26)31(37)35-29-17-24(33)11-16-30(29)42-3/h7-8,11-18,21,23H,4-6,9-10,19-20H2,1-3H3,(H,35,37). The first kappa shape index (κ1) is 33.2. The van der Waals surface area contributed by atoms with Gasteiger partial charge in [0.25, 0.3) is 5.91 Å². The second kappa shape index (κ2) is 14.9. The Bertz CT molecular complexity index is 1580. The van der Waals surface area contributed by atoms with E-state index in [0.717, 1.165) is 23.8 Å². The number of anilines is 1. The summed E-state index contributed by atoms with van der Waals surface area (Å²) in [5.74, 6) is -1.25. The van der Waals surface area contributed by atoms with Crippen LogP contribution in [0.5, 0.6) is 11.5 Å². The van der Waals surface area contributed by atoms with Gasteiger partial charge in [0, 0.05) is 18.1 Å². The molecule has 236 valence electrons. The van der Waals surface area contributed by atoms with Crippen LogP contribution in [0, 0.1) is 17.7 Å². The van der Waals surface area contributed by atoms with Gasteiger partial charge in [-0.25, -0.2) is 12.8 Å². The number of carbonyl (C=O) groups excluding carboxylic acids is 2. The average Bonchev–Trinajstić information content (AvgIpc) is 3.01. The molecular formula is C32H36ClFN2O7S. The van der Waals surface area contributed by atoms with Crippen molar-refractivity contribution in [3.8, 4) is 11.5 Å². The SMILES string of the molecule is CCOC(=O)C1CCC(CN(Cc2ccc(OC)cc2)S(=O)(=O)c2ccc(F)c(C(=O)Nc3cc(Cl)ccc3OC)c2)CC1. The van der Waals surface area contributed by atoms with Gasteiger partial charge in [-0.3, -0.25) is 9.59 Å². The number of amides is 1. The van der Waals surface area contributed by atoms with Crippen molar-refractivity contribution in [2.45, 2.75) is 44.0 Å². The van der Waals surface area contributed by atoms with Crippen molar-refractivity contribution >= 4 is 39.2 Å². The number of carbonyl (C=O) groups is 2. The molecule has 1 aliphatic carbocycles. The summed E-state index contributed by atoms with van der Waals surface area (Å²) in [6.07, 6.45) is 2.51. The molecule has 1 fully saturated rings. The maximum absolute atomic E-state index is 14.9. The maximum Gasteiger partial charge on any atom is 0.308 e. The molecule has 0 unspecified atom stereocenters. The van der Waals surface area contributed by atoms with E-state index >= 15 is 0 Å². The first-order valence-corrected chi connectivity index (χ1v) is 16.1. The van der Waals surface area contributed by atoms with Gasteiger partial charge in [0.15, 0.2) is 0 Å². The smallest absolute Gasteiger partial charge is 0.308 e. The molecule has 1 aliphatic rings. The molecular weight excluding hydrogens is 611 g/mol. The van der Waals surface area contributed by atoms with Crippen LogP contribution in [0.4, 0.5) is 10.1 Å². The molecule has 1 saturated carbocycles. The zero-order valence-electron chi connectivity index (χ0n) is 24.8. The predicted molar refractivity (Wildman–Crippen MR) is 165 cm³/mol. The minimum absolute atomic E-state index is 0.00721. The van der Waals surface area contributed by atoms with E-state index in [1.807, 2.05) is 0 Å². The second-order valence-corrected chi connectivity index (χ2v) is 12.9. The van der Waals surface area contributed by atoms with E-state index in [1.54, 1.807) is 50.4 Å². The summed E-state index contributed by atoms with van der Waals surface area (Å²) >= 11 is 6.06. The first-order valence-electron chi connectivity index (χ1n) is 14.3. The molecule has 3 aromatic carbocycles. The molecule has 44 heavy (non-hydrogen) atoms. The molecule has 12 heteroatoms. The molecule has 0 radical (unpaired) electrons. The van der Waals surface area contributed by atoms with Gasteiger partial charge in [-0.05, 0) is 92.6 Å². The third kappa shape index (κ3) is 8.08. The lowest BCUT2D eigenvalue weighted by Gasteiger charge is -2.31. The number of hydrogen-bond donors (Lipinski definition) is 1. The van der Waals surface area contributed by atoms with Gasteiger partial charge in [-0.15, -0.1) is 0 Å². The van der Waals surface area contributed by atoms with Crippen LogP contribution in [0.15, 0.2) is 65.6 Å². The number of halogens is 2. The van der Waals surface area contributed by atoms with E-state index in [1.165, 1.54) is 17.5 Å². The monoisotopic (exact) mass is 646 g/mol. The molecule has 3 aromatic rings. The normalized spacial score (nSPS) is 16.8. The predicted octanol–water partition coefficient (Wildman–Crippen LogP) is 6.31. The van der Waals surface area contributed by atoms with Gasteiger partial charge >= 0.3 is 5.97 Å². The van der Waals surface area contributed by atoms with E-state index in [9.17, 15) is 22.4 Å². The van der Waals surface area contributed by atoms with Crippen molar-refractivity contribution in [3.05, 3.63) is 82.6 Å². The molecule has 0 heterocycles. The van der Waals surface area contributed by atoms with Crippen molar-refractivity contribution in [1.82, 2.24) is 4.31 Å². The Balaban J connectivity index is 1.61. The summed E-state index contributed by atoms with van der Waals surface area (Å²) in [6, 6.07) is 14.8. The van der Waals surface area contributed by atoms with Crippen molar-refractivity contribution in [2.24, 2.45) is 11.8 Å². The Kier molecular flexibility index (Phi) is 11.2. The summed E-state index contributed by atoms with van der Waals surface area (Å²) in [5.41, 5.74) is 0.479. The zero-order chi connectivity index (χ0) is 31.9. The molecule has 1 amide bonds. The van der Waals surface area contributed by atoms with Crippen LogP contribution >= 0.6 is 11.6 Å². The second-order valence-electron chi connectivity index (χ2n) is 10.6. The fourth-order valence-electron chi connectivity index (χ4n) is 5.27. The van der Waals surface area contributed by atoms with Gasteiger partial charge in [0.05, 0.1) is 42.9 Å². The average molecular weight is 647 g/mol. The topological polar surface area (TPSA) is 111 Å². The largest absolute Gasteiger partial charge is 0.497 e. The van der Waals surface area contributed by atoms with Gasteiger partial charge < -0.3 is 19.5 Å². The quantitative estimate of drug-likeness (QED) is 0.230. The Morgan fingerprint density at radius 3 is 2.32 bits per heavy atom. The molecule has 0 bridgehead atoms. The van der Waals surface area contributed by atoms with Crippen LogP contribution in [-0.2, 0) is 26.1 Å². The van der Waals surface area contributed by atoms with Gasteiger partial charge in [-0.2, -0.15) is 4.31 Å². The summed E-state index contributed by atoms with van der Waals surface area (Å²) in [7, 11) is -1.25. The van der Waals surface area contributed by atoms with Crippen LogP contribution < -0.4 is 14.8 Å².